The minimum Gasteiger partial charge on any atom is -0.496 e. The summed E-state index contributed by atoms with van der Waals surface area (Å²) in [5.74, 6) is 0.602. The van der Waals surface area contributed by atoms with E-state index in [4.69, 9.17) is 4.74 Å². The monoisotopic (exact) mass is 235 g/mol. The average Bonchev–Trinajstić information content (AvgIpc) is 2.23. The van der Waals surface area contributed by atoms with E-state index in [0.717, 1.165) is 5.56 Å². The molecule has 0 heterocycles. The molecule has 0 fully saturated rings. The fraction of sp³-hybridized carbons (Fsp3) is 0.400. The third-order valence-electron chi connectivity index (χ3n) is 1.79. The maximum absolute atomic E-state index is 11.7. The predicted molar refractivity (Wildman–Crippen MR) is 51.8 cm³/mol. The van der Waals surface area contributed by atoms with Crippen LogP contribution in [0, 0.1) is 0 Å². The molecule has 1 N–H and O–H groups in total. The summed E-state index contributed by atoms with van der Waals surface area (Å²) in [6.45, 7) is -1.16. The van der Waals surface area contributed by atoms with Gasteiger partial charge in [-0.05, 0) is 6.07 Å². The Hall–Kier alpha value is -1.27. The van der Waals surface area contributed by atoms with Crippen LogP contribution in [-0.2, 0) is 11.4 Å². The zero-order chi connectivity index (χ0) is 12.0. The van der Waals surface area contributed by atoms with E-state index in [1.54, 1.807) is 24.3 Å². The van der Waals surface area contributed by atoms with Crippen molar-refractivity contribution in [2.24, 2.45) is 0 Å². The summed E-state index contributed by atoms with van der Waals surface area (Å²) < 4.78 is 40.2. The molecule has 1 aromatic carbocycles. The van der Waals surface area contributed by atoms with Crippen molar-refractivity contribution in [3.05, 3.63) is 29.8 Å². The van der Waals surface area contributed by atoms with Crippen LogP contribution in [-0.4, -0.2) is 19.9 Å². The number of halogens is 3. The summed E-state index contributed by atoms with van der Waals surface area (Å²) in [5, 5.41) is 0. The standard InChI is InChI=1S/C10H12F3NO2/c1-15-9-5-3-2-4-8(9)6-14-16-7-10(11,12)13/h2-5,14H,6-7H2,1H3. The third kappa shape index (κ3) is 4.50. The van der Waals surface area contributed by atoms with Crippen LogP contribution in [0.2, 0.25) is 0 Å². The van der Waals surface area contributed by atoms with Crippen LogP contribution in [0.3, 0.4) is 0 Å². The number of alkyl halides is 3. The van der Waals surface area contributed by atoms with E-state index >= 15 is 0 Å². The lowest BCUT2D eigenvalue weighted by molar-refractivity contribution is -0.190. The second kappa shape index (κ2) is 5.72. The Morgan fingerprint density at radius 1 is 1.25 bits per heavy atom. The molecule has 0 unspecified atom stereocenters. The van der Waals surface area contributed by atoms with Crippen molar-refractivity contribution in [1.29, 1.82) is 0 Å². The number of para-hydroxylation sites is 1. The van der Waals surface area contributed by atoms with Gasteiger partial charge in [-0.2, -0.15) is 18.7 Å². The van der Waals surface area contributed by atoms with Crippen LogP contribution >= 0.6 is 0 Å². The van der Waals surface area contributed by atoms with Gasteiger partial charge in [0.2, 0.25) is 0 Å². The van der Waals surface area contributed by atoms with E-state index in [1.807, 2.05) is 0 Å². The first kappa shape index (κ1) is 12.8. The molecule has 0 bridgehead atoms. The zero-order valence-corrected chi connectivity index (χ0v) is 8.67. The first-order chi connectivity index (χ1) is 7.53. The lowest BCUT2D eigenvalue weighted by Gasteiger charge is -2.10. The summed E-state index contributed by atoms with van der Waals surface area (Å²) in [6.07, 6.45) is -4.33. The second-order valence-electron chi connectivity index (χ2n) is 3.04. The predicted octanol–water partition coefficient (Wildman–Crippen LogP) is 2.28. The number of ether oxygens (including phenoxy) is 1. The van der Waals surface area contributed by atoms with Gasteiger partial charge in [-0.1, -0.05) is 18.2 Å². The summed E-state index contributed by atoms with van der Waals surface area (Å²) >= 11 is 0. The summed E-state index contributed by atoms with van der Waals surface area (Å²) in [7, 11) is 1.50. The number of hydroxylamine groups is 1. The zero-order valence-electron chi connectivity index (χ0n) is 8.67. The van der Waals surface area contributed by atoms with Gasteiger partial charge >= 0.3 is 6.18 Å². The Morgan fingerprint density at radius 2 is 1.94 bits per heavy atom. The number of nitrogens with one attached hydrogen (secondary N) is 1. The lowest BCUT2D eigenvalue weighted by Crippen LogP contribution is -2.24. The molecule has 0 atom stereocenters. The SMILES string of the molecule is COc1ccccc1CNOCC(F)(F)F. The van der Waals surface area contributed by atoms with E-state index in [-0.39, 0.29) is 6.54 Å². The first-order valence-corrected chi connectivity index (χ1v) is 4.56. The third-order valence-corrected chi connectivity index (χ3v) is 1.79. The van der Waals surface area contributed by atoms with Crippen molar-refractivity contribution in [1.82, 2.24) is 5.48 Å². The smallest absolute Gasteiger partial charge is 0.413 e. The molecule has 0 saturated heterocycles. The molecule has 0 aliphatic heterocycles. The molecule has 0 radical (unpaired) electrons. The van der Waals surface area contributed by atoms with Gasteiger partial charge < -0.3 is 4.74 Å². The van der Waals surface area contributed by atoms with Crippen LogP contribution in [0.5, 0.6) is 5.75 Å². The van der Waals surface area contributed by atoms with Crippen LogP contribution in [0.1, 0.15) is 5.56 Å². The highest BCUT2D eigenvalue weighted by molar-refractivity contribution is 5.32. The van der Waals surface area contributed by atoms with Crippen molar-refractivity contribution >= 4 is 0 Å². The molecule has 6 heteroatoms. The summed E-state index contributed by atoms with van der Waals surface area (Å²) in [6, 6.07) is 7.01. The number of hydrogen-bond acceptors (Lipinski definition) is 3. The number of hydrogen-bond donors (Lipinski definition) is 1. The van der Waals surface area contributed by atoms with Gasteiger partial charge in [0.05, 0.1) is 7.11 Å². The van der Waals surface area contributed by atoms with Crippen LogP contribution in [0.4, 0.5) is 13.2 Å². The molecular weight excluding hydrogens is 223 g/mol. The molecule has 0 aliphatic rings. The fourth-order valence-corrected chi connectivity index (χ4v) is 1.11. The topological polar surface area (TPSA) is 30.5 Å². The normalized spacial score (nSPS) is 11.5. The summed E-state index contributed by atoms with van der Waals surface area (Å²) in [5.41, 5.74) is 2.96. The Balaban J connectivity index is 2.37. The van der Waals surface area contributed by atoms with E-state index in [9.17, 15) is 13.2 Å². The molecule has 1 rings (SSSR count). The Morgan fingerprint density at radius 3 is 2.56 bits per heavy atom. The van der Waals surface area contributed by atoms with E-state index < -0.39 is 12.8 Å². The minimum atomic E-state index is -4.33. The maximum Gasteiger partial charge on any atom is 0.413 e. The van der Waals surface area contributed by atoms with Gasteiger partial charge in [0.1, 0.15) is 5.75 Å². The van der Waals surface area contributed by atoms with Gasteiger partial charge in [-0.25, -0.2) is 0 Å². The lowest BCUT2D eigenvalue weighted by atomic mass is 10.2. The van der Waals surface area contributed by atoms with Crippen molar-refractivity contribution in [2.75, 3.05) is 13.7 Å². The van der Waals surface area contributed by atoms with Crippen LogP contribution < -0.4 is 10.2 Å². The van der Waals surface area contributed by atoms with Gasteiger partial charge in [0.25, 0.3) is 0 Å². The second-order valence-corrected chi connectivity index (χ2v) is 3.04. The van der Waals surface area contributed by atoms with E-state index in [0.29, 0.717) is 5.75 Å². The van der Waals surface area contributed by atoms with E-state index in [1.165, 1.54) is 7.11 Å². The van der Waals surface area contributed by atoms with Crippen molar-refractivity contribution in [3.8, 4) is 5.75 Å². The quantitative estimate of drug-likeness (QED) is 0.627. The van der Waals surface area contributed by atoms with Crippen molar-refractivity contribution in [2.45, 2.75) is 12.7 Å². The molecule has 3 nitrogen and oxygen atoms in total. The molecular formula is C10H12F3NO2. The van der Waals surface area contributed by atoms with Gasteiger partial charge in [0.15, 0.2) is 6.61 Å². The maximum atomic E-state index is 11.7. The summed E-state index contributed by atoms with van der Waals surface area (Å²) in [4.78, 5) is 4.27. The molecule has 0 aromatic heterocycles. The fourth-order valence-electron chi connectivity index (χ4n) is 1.11. The van der Waals surface area contributed by atoms with Gasteiger partial charge in [-0.3, -0.25) is 4.84 Å². The molecule has 0 aliphatic carbocycles. The van der Waals surface area contributed by atoms with Crippen molar-refractivity contribution in [3.63, 3.8) is 0 Å². The average molecular weight is 235 g/mol. The van der Waals surface area contributed by atoms with Gasteiger partial charge in [0, 0.05) is 12.1 Å². The number of benzene rings is 1. The highest BCUT2D eigenvalue weighted by Crippen LogP contribution is 2.17. The number of methoxy groups -OCH3 is 1. The molecule has 0 saturated carbocycles. The Kier molecular flexibility index (Phi) is 4.57. The highest BCUT2D eigenvalue weighted by Gasteiger charge is 2.27. The van der Waals surface area contributed by atoms with E-state index in [2.05, 4.69) is 10.3 Å². The Labute approximate surface area is 91.1 Å². The van der Waals surface area contributed by atoms with Crippen LogP contribution in [0.15, 0.2) is 24.3 Å². The van der Waals surface area contributed by atoms with Crippen molar-refractivity contribution < 1.29 is 22.7 Å². The molecule has 0 spiro atoms. The highest BCUT2D eigenvalue weighted by atomic mass is 19.4. The number of rotatable bonds is 5. The molecule has 0 amide bonds. The molecule has 1 aromatic rings. The molecule has 90 valence electrons. The first-order valence-electron chi connectivity index (χ1n) is 4.56. The molecule has 16 heavy (non-hydrogen) atoms. The van der Waals surface area contributed by atoms with Gasteiger partial charge in [-0.15, -0.1) is 0 Å². The largest absolute Gasteiger partial charge is 0.496 e. The Bertz CT molecular complexity index is 328. The van der Waals surface area contributed by atoms with Crippen LogP contribution in [0.25, 0.3) is 0 Å². The minimum absolute atomic E-state index is 0.153.